The Labute approximate surface area is 117 Å². The minimum Gasteiger partial charge on any atom is -0.496 e. The first-order valence-electron chi connectivity index (χ1n) is 5.90. The van der Waals surface area contributed by atoms with Crippen LogP contribution in [0.25, 0.3) is 0 Å². The summed E-state index contributed by atoms with van der Waals surface area (Å²) in [7, 11) is 4.44. The molecule has 2 N–H and O–H groups in total. The molecule has 0 aliphatic heterocycles. The van der Waals surface area contributed by atoms with Gasteiger partial charge in [0.1, 0.15) is 17.4 Å². The maximum Gasteiger partial charge on any atom is 0.356 e. The van der Waals surface area contributed by atoms with Crippen LogP contribution >= 0.6 is 0 Å². The highest BCUT2D eigenvalue weighted by atomic mass is 16.5. The minimum atomic E-state index is -0.524. The molecule has 7 nitrogen and oxygen atoms in total. The summed E-state index contributed by atoms with van der Waals surface area (Å²) < 4.78 is 9.79. The molecule has 1 rings (SSSR count). The van der Waals surface area contributed by atoms with Crippen molar-refractivity contribution in [1.29, 1.82) is 0 Å². The Hall–Kier alpha value is -2.37. The van der Waals surface area contributed by atoms with Crippen molar-refractivity contribution < 1.29 is 19.1 Å². The van der Waals surface area contributed by atoms with Crippen LogP contribution in [0.5, 0.6) is 5.75 Å². The molecule has 0 saturated heterocycles. The van der Waals surface area contributed by atoms with Crippen molar-refractivity contribution >= 4 is 11.9 Å². The first-order valence-corrected chi connectivity index (χ1v) is 5.90. The highest BCUT2D eigenvalue weighted by Crippen LogP contribution is 2.18. The third-order valence-electron chi connectivity index (χ3n) is 2.60. The SMILES string of the molecule is CNC(=C=O)CNCc1cnc(C(=O)OC)cc1OC. The number of aromatic nitrogens is 1. The maximum atomic E-state index is 11.4. The summed E-state index contributed by atoms with van der Waals surface area (Å²) in [6.45, 7) is 0.784. The fourth-order valence-corrected chi connectivity index (χ4v) is 1.50. The van der Waals surface area contributed by atoms with Crippen molar-refractivity contribution in [3.8, 4) is 5.75 Å². The van der Waals surface area contributed by atoms with Crippen LogP contribution in [0.4, 0.5) is 0 Å². The van der Waals surface area contributed by atoms with E-state index in [1.165, 1.54) is 26.5 Å². The van der Waals surface area contributed by atoms with Crippen LogP contribution in [0.1, 0.15) is 16.1 Å². The lowest BCUT2D eigenvalue weighted by molar-refractivity contribution is 0.0593. The van der Waals surface area contributed by atoms with Gasteiger partial charge in [0.15, 0.2) is 5.69 Å². The number of nitrogens with one attached hydrogen (secondary N) is 2. The number of esters is 1. The number of methoxy groups -OCH3 is 2. The fourth-order valence-electron chi connectivity index (χ4n) is 1.50. The number of hydrogen-bond acceptors (Lipinski definition) is 7. The number of likely N-dealkylation sites (N-methyl/N-ethyl adjacent to an activating group) is 1. The molecule has 0 amide bonds. The van der Waals surface area contributed by atoms with Gasteiger partial charge < -0.3 is 20.1 Å². The van der Waals surface area contributed by atoms with Gasteiger partial charge >= 0.3 is 5.97 Å². The van der Waals surface area contributed by atoms with Crippen LogP contribution in [-0.4, -0.2) is 44.7 Å². The second-order valence-corrected chi connectivity index (χ2v) is 3.81. The van der Waals surface area contributed by atoms with E-state index in [0.29, 0.717) is 24.5 Å². The molecule has 0 aliphatic rings. The van der Waals surface area contributed by atoms with Gasteiger partial charge in [-0.1, -0.05) is 0 Å². The number of carbonyl (C=O) groups is 1. The van der Waals surface area contributed by atoms with E-state index in [-0.39, 0.29) is 5.69 Å². The molecule has 1 aromatic rings. The topological polar surface area (TPSA) is 89.6 Å². The Kier molecular flexibility index (Phi) is 6.22. The lowest BCUT2D eigenvalue weighted by Crippen LogP contribution is -2.23. The lowest BCUT2D eigenvalue weighted by Gasteiger charge is -2.10. The molecule has 1 heterocycles. The van der Waals surface area contributed by atoms with E-state index >= 15 is 0 Å². The zero-order valence-electron chi connectivity index (χ0n) is 11.6. The zero-order chi connectivity index (χ0) is 15.0. The van der Waals surface area contributed by atoms with Gasteiger partial charge in [0.05, 0.1) is 14.2 Å². The number of carbonyl (C=O) groups excluding carboxylic acids is 2. The molecule has 0 fully saturated rings. The second kappa shape index (κ2) is 7.93. The molecule has 0 aliphatic carbocycles. The first-order chi connectivity index (χ1) is 9.65. The van der Waals surface area contributed by atoms with E-state index in [1.54, 1.807) is 13.0 Å². The molecule has 0 bridgehead atoms. The summed E-state index contributed by atoms with van der Waals surface area (Å²) >= 11 is 0. The van der Waals surface area contributed by atoms with Crippen molar-refractivity contribution in [3.63, 3.8) is 0 Å². The summed E-state index contributed by atoms with van der Waals surface area (Å²) in [5.74, 6) is 1.78. The van der Waals surface area contributed by atoms with E-state index in [0.717, 1.165) is 5.56 Å². The predicted molar refractivity (Wildman–Crippen MR) is 72.1 cm³/mol. The maximum absolute atomic E-state index is 11.4. The standard InChI is InChI=1S/C13H17N3O4/c1-14-10(8-17)7-15-5-9-6-16-11(13(18)20-3)4-12(9)19-2/h4,6,14-15H,5,7H2,1-3H3. The van der Waals surface area contributed by atoms with Gasteiger partial charge in [-0.15, -0.1) is 0 Å². The molecule has 108 valence electrons. The number of nitrogens with zero attached hydrogens (tertiary/aromatic N) is 1. The molecular weight excluding hydrogens is 262 g/mol. The second-order valence-electron chi connectivity index (χ2n) is 3.81. The monoisotopic (exact) mass is 279 g/mol. The summed E-state index contributed by atoms with van der Waals surface area (Å²) in [4.78, 5) is 25.9. The summed E-state index contributed by atoms with van der Waals surface area (Å²) in [6, 6.07) is 1.51. The van der Waals surface area contributed by atoms with Gasteiger partial charge in [-0.25, -0.2) is 14.6 Å². The van der Waals surface area contributed by atoms with Crippen LogP contribution < -0.4 is 15.4 Å². The molecule has 20 heavy (non-hydrogen) atoms. The van der Waals surface area contributed by atoms with Crippen LogP contribution in [0.2, 0.25) is 0 Å². The molecule has 1 aromatic heterocycles. The van der Waals surface area contributed by atoms with Crippen LogP contribution in [-0.2, 0) is 16.1 Å². The van der Waals surface area contributed by atoms with Crippen molar-refractivity contribution in [2.45, 2.75) is 6.54 Å². The van der Waals surface area contributed by atoms with Gasteiger partial charge in [-0.2, -0.15) is 0 Å². The summed E-state index contributed by atoms with van der Waals surface area (Å²) in [5.41, 5.74) is 1.36. The average Bonchev–Trinajstić information content (AvgIpc) is 2.50. The molecule has 7 heteroatoms. The first kappa shape index (κ1) is 15.7. The number of rotatable bonds is 7. The van der Waals surface area contributed by atoms with Crippen molar-refractivity contribution in [1.82, 2.24) is 15.6 Å². The number of pyridine rings is 1. The summed E-state index contributed by atoms with van der Waals surface area (Å²) in [5, 5.41) is 5.76. The van der Waals surface area contributed by atoms with Gasteiger partial charge in [-0.3, -0.25) is 0 Å². The third-order valence-corrected chi connectivity index (χ3v) is 2.60. The fraction of sp³-hybridized carbons (Fsp3) is 0.385. The van der Waals surface area contributed by atoms with Gasteiger partial charge in [0, 0.05) is 38.0 Å². The van der Waals surface area contributed by atoms with E-state index < -0.39 is 5.97 Å². The lowest BCUT2D eigenvalue weighted by atomic mass is 10.2. The molecule has 0 aromatic carbocycles. The van der Waals surface area contributed by atoms with E-state index in [2.05, 4.69) is 20.4 Å². The largest absolute Gasteiger partial charge is 0.496 e. The third kappa shape index (κ3) is 4.08. The van der Waals surface area contributed by atoms with E-state index in [4.69, 9.17) is 4.74 Å². The molecule has 0 spiro atoms. The number of ether oxygens (including phenoxy) is 2. The van der Waals surface area contributed by atoms with Gasteiger partial charge in [0.25, 0.3) is 0 Å². The zero-order valence-corrected chi connectivity index (χ0v) is 11.6. The Morgan fingerprint density at radius 1 is 1.45 bits per heavy atom. The molecule has 0 radical (unpaired) electrons. The van der Waals surface area contributed by atoms with E-state index in [1.807, 2.05) is 0 Å². The smallest absolute Gasteiger partial charge is 0.356 e. The normalized spacial score (nSPS) is 9.55. The predicted octanol–water partition coefficient (Wildman–Crippen LogP) is -0.0987. The van der Waals surface area contributed by atoms with Crippen LogP contribution in [0, 0.1) is 0 Å². The Bertz CT molecular complexity index is 524. The minimum absolute atomic E-state index is 0.178. The average molecular weight is 279 g/mol. The quantitative estimate of drug-likeness (QED) is 0.532. The Morgan fingerprint density at radius 3 is 2.75 bits per heavy atom. The van der Waals surface area contributed by atoms with Crippen LogP contribution in [0.3, 0.4) is 0 Å². The van der Waals surface area contributed by atoms with Crippen LogP contribution in [0.15, 0.2) is 18.0 Å². The highest BCUT2D eigenvalue weighted by Gasteiger charge is 2.11. The Morgan fingerprint density at radius 2 is 2.20 bits per heavy atom. The highest BCUT2D eigenvalue weighted by molar-refractivity contribution is 5.87. The molecule has 0 unspecified atom stereocenters. The molecular formula is C13H17N3O4. The molecule has 0 saturated carbocycles. The van der Waals surface area contributed by atoms with Crippen molar-refractivity contribution in [2.24, 2.45) is 0 Å². The molecule has 0 atom stereocenters. The number of hydrogen-bond donors (Lipinski definition) is 2. The van der Waals surface area contributed by atoms with Gasteiger partial charge in [0.2, 0.25) is 0 Å². The Balaban J connectivity index is 2.75. The summed E-state index contributed by atoms with van der Waals surface area (Å²) in [6.07, 6.45) is 1.53. The van der Waals surface area contributed by atoms with Crippen molar-refractivity contribution in [3.05, 3.63) is 29.2 Å². The van der Waals surface area contributed by atoms with Gasteiger partial charge in [-0.05, 0) is 0 Å². The van der Waals surface area contributed by atoms with E-state index in [9.17, 15) is 9.59 Å². The van der Waals surface area contributed by atoms with Crippen molar-refractivity contribution in [2.75, 3.05) is 27.8 Å².